The van der Waals surface area contributed by atoms with Crippen LogP contribution >= 0.6 is 46.4 Å². The van der Waals surface area contributed by atoms with E-state index in [1.54, 1.807) is 13.8 Å². The van der Waals surface area contributed by atoms with E-state index in [9.17, 15) is 30.3 Å². The Bertz CT molecular complexity index is 1470. The fraction of sp³-hybridized carbons (Fsp3) is 0.308. The number of hydrogen-bond acceptors (Lipinski definition) is 10. The second-order valence-electron chi connectivity index (χ2n) is 8.29. The summed E-state index contributed by atoms with van der Waals surface area (Å²) in [7, 11) is 2.83. The van der Waals surface area contributed by atoms with E-state index in [-0.39, 0.29) is 54.8 Å². The van der Waals surface area contributed by atoms with Crippen molar-refractivity contribution in [2.24, 2.45) is 0 Å². The first-order valence-electron chi connectivity index (χ1n) is 12.0. The van der Waals surface area contributed by atoms with Crippen molar-refractivity contribution in [2.75, 3.05) is 20.8 Å². The van der Waals surface area contributed by atoms with Crippen LogP contribution in [0.25, 0.3) is 0 Å². The molecule has 0 aliphatic rings. The third-order valence-corrected chi connectivity index (χ3v) is 6.34. The molecule has 0 amide bonds. The lowest BCUT2D eigenvalue weighted by Gasteiger charge is -2.10. The fourth-order valence-corrected chi connectivity index (χ4v) is 4.16. The summed E-state index contributed by atoms with van der Waals surface area (Å²) in [5.41, 5.74) is 0.0347. The van der Waals surface area contributed by atoms with Crippen molar-refractivity contribution < 1.29 is 33.7 Å². The molecule has 17 heteroatoms. The predicted octanol–water partition coefficient (Wildman–Crippen LogP) is 8.91. The highest BCUT2D eigenvalue weighted by molar-refractivity contribution is 6.38. The van der Waals surface area contributed by atoms with Crippen molar-refractivity contribution in [1.82, 2.24) is 0 Å². The van der Waals surface area contributed by atoms with Gasteiger partial charge in [-0.15, -0.1) is 0 Å². The molecule has 0 aliphatic heterocycles. The third kappa shape index (κ3) is 10.8. The number of halogens is 4. The number of ether oxygens (including phenoxy) is 4. The molecule has 0 aromatic heterocycles. The largest absolute Gasteiger partial charge is 0.495 e. The topological polar surface area (TPSA) is 166 Å². The second kappa shape index (κ2) is 17.4. The average Bonchev–Trinajstić information content (AvgIpc) is 2.93. The molecule has 0 heterocycles. The fourth-order valence-electron chi connectivity index (χ4n) is 3.11. The van der Waals surface area contributed by atoms with E-state index in [2.05, 4.69) is 0 Å². The van der Waals surface area contributed by atoms with Crippen LogP contribution in [0, 0.1) is 37.3 Å². The Labute approximate surface area is 266 Å². The van der Waals surface area contributed by atoms with Crippen LogP contribution in [-0.2, 0) is 0 Å². The van der Waals surface area contributed by atoms with Gasteiger partial charge >= 0.3 is 5.69 Å². The standard InChI is InChI=1S/C9H10ClNO4.C9H10ClNO3.C8H7Cl2NO3/c1-3-15-9-5-8(14-2)6(10)4-7(9)11(12)13;1-6(2)14-9-4-3-7(11(12)13)5-8(9)10;1-4-6(11(12)13)3-5(9)8(14-2)7(4)10/h4-5H,3H2,1-2H3;3-6H,1-2H3;3H,1-2H3. The molecule has 234 valence electrons. The quantitative estimate of drug-likeness (QED) is 0.157. The van der Waals surface area contributed by atoms with E-state index in [1.165, 1.54) is 50.6 Å². The minimum atomic E-state index is -0.545. The van der Waals surface area contributed by atoms with E-state index in [1.807, 2.05) is 13.8 Å². The number of nitrogens with zero attached hydrogens (tertiary/aromatic N) is 3. The lowest BCUT2D eigenvalue weighted by molar-refractivity contribution is -0.385. The molecular formula is C26H27Cl4N3O10. The molecule has 0 N–H and O–H groups in total. The smallest absolute Gasteiger partial charge is 0.312 e. The predicted molar refractivity (Wildman–Crippen MR) is 164 cm³/mol. The zero-order valence-corrected chi connectivity index (χ0v) is 26.7. The Balaban J connectivity index is 0.000000323. The highest BCUT2D eigenvalue weighted by Crippen LogP contribution is 2.40. The number of nitro benzene ring substituents is 3. The first-order valence-corrected chi connectivity index (χ1v) is 13.5. The van der Waals surface area contributed by atoms with Crippen molar-refractivity contribution in [2.45, 2.75) is 33.8 Å². The molecule has 0 unspecified atom stereocenters. The number of nitro groups is 3. The van der Waals surface area contributed by atoms with Gasteiger partial charge in [-0.3, -0.25) is 30.3 Å². The van der Waals surface area contributed by atoms with Crippen LogP contribution in [0.2, 0.25) is 20.1 Å². The van der Waals surface area contributed by atoms with Crippen molar-refractivity contribution in [3.63, 3.8) is 0 Å². The van der Waals surface area contributed by atoms with Gasteiger partial charge in [0.2, 0.25) is 5.75 Å². The summed E-state index contributed by atoms with van der Waals surface area (Å²) < 4.78 is 20.3. The number of non-ortho nitro benzene ring substituents is 1. The molecule has 0 atom stereocenters. The lowest BCUT2D eigenvalue weighted by atomic mass is 10.2. The Hall–Kier alpha value is -3.78. The van der Waals surface area contributed by atoms with Gasteiger partial charge in [-0.1, -0.05) is 46.4 Å². The van der Waals surface area contributed by atoms with E-state index in [0.29, 0.717) is 23.7 Å². The third-order valence-electron chi connectivity index (χ3n) is 5.01. The molecule has 0 fully saturated rings. The van der Waals surface area contributed by atoms with Gasteiger partial charge in [0.05, 0.1) is 61.8 Å². The SMILES string of the molecule is CC(C)Oc1ccc([N+](=O)[O-])cc1Cl.CCOc1cc(OC)c(Cl)cc1[N+](=O)[O-].COc1c(Cl)cc([N+](=O)[O-])c(C)c1Cl. The molecule has 3 aromatic rings. The summed E-state index contributed by atoms with van der Waals surface area (Å²) in [6.07, 6.45) is -0.00560. The molecule has 13 nitrogen and oxygen atoms in total. The normalized spacial score (nSPS) is 10.0. The summed E-state index contributed by atoms with van der Waals surface area (Å²) >= 11 is 23.1. The van der Waals surface area contributed by atoms with Gasteiger partial charge in [0.15, 0.2) is 5.75 Å². The van der Waals surface area contributed by atoms with Crippen LogP contribution in [0.15, 0.2) is 36.4 Å². The van der Waals surface area contributed by atoms with Gasteiger partial charge in [0, 0.05) is 35.9 Å². The van der Waals surface area contributed by atoms with Crippen LogP contribution < -0.4 is 18.9 Å². The van der Waals surface area contributed by atoms with Gasteiger partial charge < -0.3 is 18.9 Å². The first-order chi connectivity index (χ1) is 20.1. The molecule has 0 bridgehead atoms. The number of benzene rings is 3. The highest BCUT2D eigenvalue weighted by Gasteiger charge is 2.21. The van der Waals surface area contributed by atoms with Crippen molar-refractivity contribution >= 4 is 63.5 Å². The molecule has 0 saturated carbocycles. The Kier molecular flexibility index (Phi) is 15.0. The van der Waals surface area contributed by atoms with Gasteiger partial charge in [-0.25, -0.2) is 0 Å². The molecule has 0 aliphatic carbocycles. The molecule has 0 radical (unpaired) electrons. The number of methoxy groups -OCH3 is 2. The van der Waals surface area contributed by atoms with Gasteiger partial charge in [-0.2, -0.15) is 0 Å². The lowest BCUT2D eigenvalue weighted by Crippen LogP contribution is -2.05. The van der Waals surface area contributed by atoms with Crippen LogP contribution in [0.1, 0.15) is 26.3 Å². The van der Waals surface area contributed by atoms with Crippen LogP contribution in [0.3, 0.4) is 0 Å². The van der Waals surface area contributed by atoms with Crippen molar-refractivity contribution in [1.29, 1.82) is 0 Å². The number of hydrogen-bond donors (Lipinski definition) is 0. The highest BCUT2D eigenvalue weighted by atomic mass is 35.5. The van der Waals surface area contributed by atoms with E-state index in [4.69, 9.17) is 65.4 Å². The maximum atomic E-state index is 10.7. The minimum Gasteiger partial charge on any atom is -0.495 e. The van der Waals surface area contributed by atoms with E-state index >= 15 is 0 Å². The monoisotopic (exact) mass is 681 g/mol. The zero-order valence-electron chi connectivity index (χ0n) is 23.7. The summed E-state index contributed by atoms with van der Waals surface area (Å²) in [4.78, 5) is 30.1. The van der Waals surface area contributed by atoms with Crippen LogP contribution in [-0.4, -0.2) is 41.7 Å². The van der Waals surface area contributed by atoms with Crippen LogP contribution in [0.5, 0.6) is 23.0 Å². The molecule has 0 saturated heterocycles. The molecule has 0 spiro atoms. The first kappa shape index (κ1) is 37.2. The summed E-state index contributed by atoms with van der Waals surface area (Å²) in [5, 5.41) is 32.4. The summed E-state index contributed by atoms with van der Waals surface area (Å²) in [6, 6.07) is 7.99. The minimum absolute atomic E-state index is 0.00560. The van der Waals surface area contributed by atoms with Crippen molar-refractivity contribution in [3.8, 4) is 23.0 Å². The van der Waals surface area contributed by atoms with E-state index in [0.717, 1.165) is 0 Å². The summed E-state index contributed by atoms with van der Waals surface area (Å²) in [5.74, 6) is 1.23. The van der Waals surface area contributed by atoms with Crippen LogP contribution in [0.4, 0.5) is 17.1 Å². The maximum absolute atomic E-state index is 10.7. The van der Waals surface area contributed by atoms with Crippen molar-refractivity contribution in [3.05, 3.63) is 92.4 Å². The summed E-state index contributed by atoms with van der Waals surface area (Å²) in [6.45, 7) is 7.34. The maximum Gasteiger partial charge on any atom is 0.312 e. The van der Waals surface area contributed by atoms with Gasteiger partial charge in [0.1, 0.15) is 11.5 Å². The molecule has 3 rings (SSSR count). The molecular weight excluding hydrogens is 656 g/mol. The zero-order chi connectivity index (χ0) is 33.0. The second-order valence-corrected chi connectivity index (χ2v) is 9.89. The Morgan fingerprint density at radius 1 is 0.744 bits per heavy atom. The van der Waals surface area contributed by atoms with E-state index < -0.39 is 14.8 Å². The Morgan fingerprint density at radius 2 is 1.30 bits per heavy atom. The molecule has 3 aromatic carbocycles. The van der Waals surface area contributed by atoms with Gasteiger partial charge in [-0.05, 0) is 33.8 Å². The molecule has 43 heavy (non-hydrogen) atoms. The average molecular weight is 683 g/mol. The number of rotatable bonds is 9. The Morgan fingerprint density at radius 3 is 1.74 bits per heavy atom. The van der Waals surface area contributed by atoms with Gasteiger partial charge in [0.25, 0.3) is 11.4 Å².